The van der Waals surface area contributed by atoms with Crippen molar-refractivity contribution in [2.75, 3.05) is 52.7 Å². The van der Waals surface area contributed by atoms with E-state index in [4.69, 9.17) is 9.47 Å². The molecule has 0 fully saturated rings. The fourth-order valence-corrected chi connectivity index (χ4v) is 4.89. The van der Waals surface area contributed by atoms with E-state index in [2.05, 4.69) is 43.6 Å². The van der Waals surface area contributed by atoms with Crippen molar-refractivity contribution in [3.05, 3.63) is 12.2 Å². The monoisotopic (exact) mass is 553 g/mol. The summed E-state index contributed by atoms with van der Waals surface area (Å²) in [5.74, 6) is -0.0744. The number of nitrogens with zero attached hydrogens (tertiary/aromatic N) is 2. The quantitative estimate of drug-likeness (QED) is 0.0371. The van der Waals surface area contributed by atoms with E-state index in [1.54, 1.807) is 0 Å². The Morgan fingerprint density at radius 1 is 0.590 bits per heavy atom. The number of hydrogen-bond donors (Lipinski definition) is 0. The lowest BCUT2D eigenvalue weighted by atomic mass is 10.1. The highest BCUT2D eigenvalue weighted by Crippen LogP contribution is 2.12. The van der Waals surface area contributed by atoms with Crippen LogP contribution in [0.4, 0.5) is 0 Å². The van der Waals surface area contributed by atoms with Crippen LogP contribution in [0.2, 0.25) is 0 Å². The zero-order chi connectivity index (χ0) is 28.7. The van der Waals surface area contributed by atoms with Gasteiger partial charge in [0.1, 0.15) is 6.61 Å². The maximum Gasteiger partial charge on any atom is 0.306 e. The van der Waals surface area contributed by atoms with E-state index < -0.39 is 0 Å². The van der Waals surface area contributed by atoms with E-state index in [0.717, 1.165) is 65.3 Å². The van der Waals surface area contributed by atoms with E-state index in [9.17, 15) is 4.79 Å². The molecule has 0 bridgehead atoms. The van der Waals surface area contributed by atoms with Gasteiger partial charge < -0.3 is 14.4 Å². The molecule has 0 saturated carbocycles. The molecule has 0 saturated heterocycles. The smallest absolute Gasteiger partial charge is 0.306 e. The second-order valence-corrected chi connectivity index (χ2v) is 11.2. The highest BCUT2D eigenvalue weighted by atomic mass is 16.5. The van der Waals surface area contributed by atoms with Crippen molar-refractivity contribution in [1.29, 1.82) is 0 Å². The van der Waals surface area contributed by atoms with Crippen molar-refractivity contribution in [3.63, 3.8) is 0 Å². The lowest BCUT2D eigenvalue weighted by molar-refractivity contribution is -0.142. The Labute approximate surface area is 244 Å². The fraction of sp³-hybridized carbons (Fsp3) is 0.912. The maximum absolute atomic E-state index is 12.2. The molecule has 0 aromatic carbocycles. The van der Waals surface area contributed by atoms with Crippen LogP contribution < -0.4 is 0 Å². The molecule has 0 aliphatic heterocycles. The highest BCUT2D eigenvalue weighted by molar-refractivity contribution is 5.69. The highest BCUT2D eigenvalue weighted by Gasteiger charge is 2.09. The molecule has 0 heterocycles. The molecule has 0 aromatic rings. The molecule has 0 atom stereocenters. The van der Waals surface area contributed by atoms with Gasteiger partial charge in [0.2, 0.25) is 0 Å². The Bertz CT molecular complexity index is 527. The minimum Gasteiger partial charge on any atom is -0.461 e. The number of carbonyl (C=O) groups is 1. The summed E-state index contributed by atoms with van der Waals surface area (Å²) in [6, 6.07) is 0. The molecule has 0 aromatic heterocycles. The van der Waals surface area contributed by atoms with Crippen LogP contribution in [-0.4, -0.2) is 68.4 Å². The van der Waals surface area contributed by atoms with Gasteiger partial charge in [-0.2, -0.15) is 0 Å². The van der Waals surface area contributed by atoms with Crippen molar-refractivity contribution in [2.24, 2.45) is 0 Å². The van der Waals surface area contributed by atoms with Gasteiger partial charge in [-0.3, -0.25) is 9.69 Å². The summed E-state index contributed by atoms with van der Waals surface area (Å²) in [6.45, 7) is 15.9. The molecule has 0 aliphatic rings. The fourth-order valence-electron chi connectivity index (χ4n) is 4.89. The van der Waals surface area contributed by atoms with Gasteiger partial charge in [-0.1, -0.05) is 123 Å². The van der Waals surface area contributed by atoms with Gasteiger partial charge in [0.15, 0.2) is 0 Å². The van der Waals surface area contributed by atoms with Crippen LogP contribution >= 0.6 is 0 Å². The summed E-state index contributed by atoms with van der Waals surface area (Å²) in [4.78, 5) is 17.0. The van der Waals surface area contributed by atoms with Gasteiger partial charge in [-0.05, 0) is 51.7 Å². The normalized spacial score (nSPS) is 11.8. The van der Waals surface area contributed by atoms with E-state index in [1.165, 1.54) is 96.3 Å². The van der Waals surface area contributed by atoms with Crippen LogP contribution in [0, 0.1) is 0 Å². The molecular weight excluding hydrogens is 484 g/mol. The first-order valence-corrected chi connectivity index (χ1v) is 17.0. The minimum absolute atomic E-state index is 0.0744. The number of rotatable bonds is 31. The standard InChI is InChI=1S/C34H68N2O3/c1-5-9-11-13-15-16-17-18-19-21-23-28-36(30-32-38-33-35(8-4)27-7-3)29-25-26-34(37)39-31-24-22-20-14-12-10-6-2/h22,24H,5-21,23,25-33H2,1-4H3/b24-22-. The topological polar surface area (TPSA) is 42.0 Å². The molecule has 0 unspecified atom stereocenters. The molecule has 0 amide bonds. The van der Waals surface area contributed by atoms with Crippen molar-refractivity contribution in [3.8, 4) is 0 Å². The lowest BCUT2D eigenvalue weighted by Gasteiger charge is -2.24. The molecule has 0 N–H and O–H groups in total. The van der Waals surface area contributed by atoms with Gasteiger partial charge in [0, 0.05) is 19.5 Å². The van der Waals surface area contributed by atoms with E-state index in [0.29, 0.717) is 13.0 Å². The maximum atomic E-state index is 12.2. The molecule has 0 spiro atoms. The second kappa shape index (κ2) is 31.6. The van der Waals surface area contributed by atoms with E-state index in [-0.39, 0.29) is 5.97 Å². The van der Waals surface area contributed by atoms with Gasteiger partial charge in [0.05, 0.1) is 13.3 Å². The number of hydrogen-bond acceptors (Lipinski definition) is 5. The molecule has 5 heteroatoms. The SMILES string of the molecule is CCCCCC/C=C\COC(=O)CCCN(CCCCCCCCCCCCC)CCOCN(CC)CCC. The summed E-state index contributed by atoms with van der Waals surface area (Å²) in [5, 5.41) is 0. The third kappa shape index (κ3) is 28.4. The van der Waals surface area contributed by atoms with Gasteiger partial charge >= 0.3 is 5.97 Å². The molecule has 232 valence electrons. The van der Waals surface area contributed by atoms with Crippen LogP contribution in [0.15, 0.2) is 12.2 Å². The molecule has 0 rings (SSSR count). The van der Waals surface area contributed by atoms with Gasteiger partial charge in [0.25, 0.3) is 0 Å². The lowest BCUT2D eigenvalue weighted by Crippen LogP contribution is -2.33. The van der Waals surface area contributed by atoms with Crippen LogP contribution in [0.25, 0.3) is 0 Å². The predicted molar refractivity (Wildman–Crippen MR) is 169 cm³/mol. The Balaban J connectivity index is 4.15. The van der Waals surface area contributed by atoms with Crippen LogP contribution in [0.3, 0.4) is 0 Å². The number of allylic oxidation sites excluding steroid dienone is 1. The summed E-state index contributed by atoms with van der Waals surface area (Å²) < 4.78 is 11.4. The number of esters is 1. The molecule has 0 aliphatic carbocycles. The first-order chi connectivity index (χ1) is 19.2. The van der Waals surface area contributed by atoms with Crippen LogP contribution in [-0.2, 0) is 14.3 Å². The Kier molecular flexibility index (Phi) is 30.9. The Morgan fingerprint density at radius 3 is 1.79 bits per heavy atom. The summed E-state index contributed by atoms with van der Waals surface area (Å²) in [6.07, 6.45) is 27.9. The van der Waals surface area contributed by atoms with E-state index >= 15 is 0 Å². The summed E-state index contributed by atoms with van der Waals surface area (Å²) in [7, 11) is 0. The average molecular weight is 553 g/mol. The molecule has 39 heavy (non-hydrogen) atoms. The van der Waals surface area contributed by atoms with E-state index in [1.807, 2.05) is 6.08 Å². The van der Waals surface area contributed by atoms with Gasteiger partial charge in [-0.15, -0.1) is 0 Å². The molecule has 0 radical (unpaired) electrons. The number of unbranched alkanes of at least 4 members (excludes halogenated alkanes) is 14. The zero-order valence-electron chi connectivity index (χ0n) is 26.9. The minimum atomic E-state index is -0.0744. The predicted octanol–water partition coefficient (Wildman–Crippen LogP) is 9.16. The number of ether oxygens (including phenoxy) is 2. The first-order valence-electron chi connectivity index (χ1n) is 17.0. The largest absolute Gasteiger partial charge is 0.461 e. The zero-order valence-corrected chi connectivity index (χ0v) is 26.9. The van der Waals surface area contributed by atoms with Crippen molar-refractivity contribution >= 4 is 5.97 Å². The van der Waals surface area contributed by atoms with Crippen molar-refractivity contribution < 1.29 is 14.3 Å². The Morgan fingerprint density at radius 2 is 1.18 bits per heavy atom. The summed E-state index contributed by atoms with van der Waals surface area (Å²) in [5.41, 5.74) is 0. The van der Waals surface area contributed by atoms with Crippen molar-refractivity contribution in [1.82, 2.24) is 9.80 Å². The third-order valence-electron chi connectivity index (χ3n) is 7.48. The third-order valence-corrected chi connectivity index (χ3v) is 7.48. The molecule has 5 nitrogen and oxygen atoms in total. The number of carbonyl (C=O) groups excluding carboxylic acids is 1. The van der Waals surface area contributed by atoms with Crippen LogP contribution in [0.1, 0.15) is 150 Å². The van der Waals surface area contributed by atoms with Crippen LogP contribution in [0.5, 0.6) is 0 Å². The van der Waals surface area contributed by atoms with Gasteiger partial charge in [-0.25, -0.2) is 0 Å². The second-order valence-electron chi connectivity index (χ2n) is 11.2. The molecular formula is C34H68N2O3. The Hall–Kier alpha value is -0.910. The summed E-state index contributed by atoms with van der Waals surface area (Å²) >= 11 is 0. The first kappa shape index (κ1) is 38.1. The van der Waals surface area contributed by atoms with Crippen molar-refractivity contribution in [2.45, 2.75) is 150 Å². The average Bonchev–Trinajstić information content (AvgIpc) is 2.94.